The van der Waals surface area contributed by atoms with Crippen molar-refractivity contribution in [2.24, 2.45) is 0 Å². The van der Waals surface area contributed by atoms with Crippen LogP contribution >= 0.6 is 11.8 Å². The number of thioether (sulfide) groups is 1. The second-order valence-corrected chi connectivity index (χ2v) is 7.97. The van der Waals surface area contributed by atoms with E-state index in [1.807, 2.05) is 81.4 Å². The number of amides is 2. The monoisotopic (exact) mass is 398 g/mol. The van der Waals surface area contributed by atoms with Gasteiger partial charge in [0.1, 0.15) is 6.04 Å². The Balaban J connectivity index is 2.05. The Hall–Kier alpha value is -2.27. The first-order chi connectivity index (χ1) is 13.5. The van der Waals surface area contributed by atoms with E-state index in [0.717, 1.165) is 23.3 Å². The zero-order valence-corrected chi connectivity index (χ0v) is 17.7. The summed E-state index contributed by atoms with van der Waals surface area (Å²) in [6, 6.07) is 19.5. The molecule has 0 unspecified atom stereocenters. The molecule has 0 spiro atoms. The van der Waals surface area contributed by atoms with E-state index in [0.29, 0.717) is 12.3 Å². The van der Waals surface area contributed by atoms with Crippen LogP contribution in [0.3, 0.4) is 0 Å². The molecule has 0 aliphatic rings. The Bertz CT molecular complexity index is 737. The Morgan fingerprint density at radius 3 is 2.21 bits per heavy atom. The highest BCUT2D eigenvalue weighted by atomic mass is 32.2. The highest BCUT2D eigenvalue weighted by Crippen LogP contribution is 2.18. The fraction of sp³-hybridized carbons (Fsp3) is 0.391. The molecule has 2 amide bonds. The van der Waals surface area contributed by atoms with Gasteiger partial charge >= 0.3 is 0 Å². The van der Waals surface area contributed by atoms with Crippen LogP contribution in [0.5, 0.6) is 0 Å². The molecule has 2 aromatic carbocycles. The number of hydrogen-bond donors (Lipinski definition) is 1. The molecule has 2 atom stereocenters. The Morgan fingerprint density at radius 1 is 1.00 bits per heavy atom. The number of rotatable bonds is 10. The fourth-order valence-corrected chi connectivity index (χ4v) is 3.59. The van der Waals surface area contributed by atoms with Crippen molar-refractivity contribution in [3.8, 4) is 0 Å². The molecule has 0 fully saturated rings. The summed E-state index contributed by atoms with van der Waals surface area (Å²) in [6.45, 7) is 6.34. The van der Waals surface area contributed by atoms with E-state index in [-0.39, 0.29) is 17.9 Å². The molecule has 5 heteroatoms. The first-order valence-electron chi connectivity index (χ1n) is 9.82. The minimum atomic E-state index is -0.499. The third kappa shape index (κ3) is 7.04. The zero-order chi connectivity index (χ0) is 20.4. The predicted octanol–water partition coefficient (Wildman–Crippen LogP) is 4.15. The van der Waals surface area contributed by atoms with Crippen LogP contribution < -0.4 is 5.32 Å². The maximum Gasteiger partial charge on any atom is 0.242 e. The number of hydrogen-bond acceptors (Lipinski definition) is 3. The third-order valence-electron chi connectivity index (χ3n) is 4.76. The number of carbonyl (C=O) groups is 2. The van der Waals surface area contributed by atoms with Gasteiger partial charge in [0, 0.05) is 17.5 Å². The molecule has 0 bridgehead atoms. The van der Waals surface area contributed by atoms with Gasteiger partial charge in [0.15, 0.2) is 0 Å². The van der Waals surface area contributed by atoms with Gasteiger partial charge < -0.3 is 10.2 Å². The van der Waals surface area contributed by atoms with Gasteiger partial charge in [-0.2, -0.15) is 0 Å². The Kier molecular flexibility index (Phi) is 9.08. The molecular weight excluding hydrogens is 368 g/mol. The van der Waals surface area contributed by atoms with E-state index < -0.39 is 6.04 Å². The molecule has 0 aliphatic heterocycles. The van der Waals surface area contributed by atoms with Crippen molar-refractivity contribution in [1.82, 2.24) is 10.2 Å². The summed E-state index contributed by atoms with van der Waals surface area (Å²) in [5.41, 5.74) is 1.16. The highest BCUT2D eigenvalue weighted by molar-refractivity contribution is 8.00. The summed E-state index contributed by atoms with van der Waals surface area (Å²) in [6.07, 6.45) is 1.59. The minimum absolute atomic E-state index is 0.0171. The number of carbonyl (C=O) groups excluding carboxylic acids is 2. The predicted molar refractivity (Wildman–Crippen MR) is 116 cm³/mol. The van der Waals surface area contributed by atoms with Crippen LogP contribution in [0.15, 0.2) is 65.6 Å². The van der Waals surface area contributed by atoms with Gasteiger partial charge in [-0.1, -0.05) is 55.5 Å². The molecule has 0 saturated heterocycles. The smallest absolute Gasteiger partial charge is 0.242 e. The van der Waals surface area contributed by atoms with E-state index in [4.69, 9.17) is 0 Å². The van der Waals surface area contributed by atoms with Crippen molar-refractivity contribution in [3.05, 3.63) is 66.2 Å². The summed E-state index contributed by atoms with van der Waals surface area (Å²) < 4.78 is 0. The van der Waals surface area contributed by atoms with E-state index in [1.165, 1.54) is 11.8 Å². The van der Waals surface area contributed by atoms with Gasteiger partial charge in [-0.25, -0.2) is 0 Å². The molecule has 0 aromatic heterocycles. The largest absolute Gasteiger partial charge is 0.352 e. The fourth-order valence-electron chi connectivity index (χ4n) is 2.78. The minimum Gasteiger partial charge on any atom is -0.352 e. The first-order valence-corrected chi connectivity index (χ1v) is 10.8. The van der Waals surface area contributed by atoms with Crippen molar-refractivity contribution >= 4 is 23.6 Å². The topological polar surface area (TPSA) is 49.4 Å². The van der Waals surface area contributed by atoms with Crippen LogP contribution in [0.2, 0.25) is 0 Å². The second-order valence-electron chi connectivity index (χ2n) is 6.92. The van der Waals surface area contributed by atoms with Crippen LogP contribution in [-0.4, -0.2) is 41.1 Å². The zero-order valence-electron chi connectivity index (χ0n) is 16.9. The maximum absolute atomic E-state index is 13.0. The summed E-state index contributed by atoms with van der Waals surface area (Å²) in [5, 5.41) is 3.00. The van der Waals surface area contributed by atoms with Crippen LogP contribution in [0.4, 0.5) is 0 Å². The molecule has 2 aromatic rings. The molecule has 2 rings (SSSR count). The van der Waals surface area contributed by atoms with Gasteiger partial charge in [0.25, 0.3) is 0 Å². The van der Waals surface area contributed by atoms with Crippen LogP contribution in [0, 0.1) is 0 Å². The number of nitrogens with one attached hydrogen (secondary N) is 1. The molecular formula is C23H30N2O2S. The van der Waals surface area contributed by atoms with Crippen LogP contribution in [0.25, 0.3) is 0 Å². The summed E-state index contributed by atoms with van der Waals surface area (Å²) >= 11 is 1.50. The molecule has 0 saturated carbocycles. The van der Waals surface area contributed by atoms with Crippen LogP contribution in [-0.2, 0) is 16.0 Å². The molecule has 150 valence electrons. The molecule has 0 aliphatic carbocycles. The van der Waals surface area contributed by atoms with E-state index >= 15 is 0 Å². The molecule has 0 radical (unpaired) electrons. The van der Waals surface area contributed by atoms with E-state index in [9.17, 15) is 9.59 Å². The van der Waals surface area contributed by atoms with Crippen molar-refractivity contribution in [1.29, 1.82) is 0 Å². The number of nitrogens with zero attached hydrogens (tertiary/aromatic N) is 1. The lowest BCUT2D eigenvalue weighted by Gasteiger charge is -2.29. The average Bonchev–Trinajstić information content (AvgIpc) is 2.73. The molecule has 28 heavy (non-hydrogen) atoms. The third-order valence-corrected chi connectivity index (χ3v) is 5.75. The van der Waals surface area contributed by atoms with Crippen molar-refractivity contribution in [3.63, 3.8) is 0 Å². The van der Waals surface area contributed by atoms with Gasteiger partial charge in [-0.15, -0.1) is 11.8 Å². The van der Waals surface area contributed by atoms with E-state index in [2.05, 4.69) is 5.32 Å². The van der Waals surface area contributed by atoms with E-state index in [1.54, 1.807) is 4.90 Å². The molecule has 0 heterocycles. The normalized spacial score (nSPS) is 12.8. The molecule has 1 N–H and O–H groups in total. The van der Waals surface area contributed by atoms with Crippen LogP contribution in [0.1, 0.15) is 32.8 Å². The second kappa shape index (κ2) is 11.5. The Labute approximate surface area is 172 Å². The van der Waals surface area contributed by atoms with Crippen molar-refractivity contribution in [2.75, 3.05) is 12.3 Å². The first kappa shape index (κ1) is 22.0. The van der Waals surface area contributed by atoms with Gasteiger partial charge in [-0.3, -0.25) is 9.59 Å². The summed E-state index contributed by atoms with van der Waals surface area (Å²) in [5.74, 6) is 0.205. The number of benzene rings is 2. The standard InChI is InChI=1S/C23H30N2O2S/c1-4-18(2)24-23(27)19(3)25(16-15-20-11-7-5-8-12-20)22(26)17-28-21-13-9-6-10-14-21/h5-14,18-19H,4,15-17H2,1-3H3,(H,24,27)/t18-,19+/m1/s1. The highest BCUT2D eigenvalue weighted by Gasteiger charge is 2.26. The SMILES string of the molecule is CC[C@@H](C)NC(=O)[C@H](C)N(CCc1ccccc1)C(=O)CSc1ccccc1. The van der Waals surface area contributed by atoms with Gasteiger partial charge in [0.05, 0.1) is 5.75 Å². The lowest BCUT2D eigenvalue weighted by molar-refractivity contribution is -0.138. The quantitative estimate of drug-likeness (QED) is 0.612. The van der Waals surface area contributed by atoms with Gasteiger partial charge in [0.2, 0.25) is 11.8 Å². The average molecular weight is 399 g/mol. The molecule has 4 nitrogen and oxygen atoms in total. The lowest BCUT2D eigenvalue weighted by Crippen LogP contribution is -2.51. The lowest BCUT2D eigenvalue weighted by atomic mass is 10.1. The van der Waals surface area contributed by atoms with Gasteiger partial charge in [-0.05, 0) is 44.4 Å². The van der Waals surface area contributed by atoms with Crippen molar-refractivity contribution in [2.45, 2.75) is 50.6 Å². The maximum atomic E-state index is 13.0. The summed E-state index contributed by atoms with van der Waals surface area (Å²) in [4.78, 5) is 28.4. The van der Waals surface area contributed by atoms with Crippen molar-refractivity contribution < 1.29 is 9.59 Å². The Morgan fingerprint density at radius 2 is 1.61 bits per heavy atom. The summed E-state index contributed by atoms with van der Waals surface area (Å²) in [7, 11) is 0.